The number of aryl methyl sites for hydroxylation is 2. The maximum Gasteiger partial charge on any atom is 0.342 e. The molecule has 96 valence electrons. The number of carbonyl (C=O) groups is 1. The number of benzene rings is 2. The van der Waals surface area contributed by atoms with Crippen molar-refractivity contribution in [2.45, 2.75) is 13.8 Å². The molecule has 2 aromatic rings. The van der Waals surface area contributed by atoms with Gasteiger partial charge in [-0.05, 0) is 37.6 Å². The molecule has 0 aliphatic carbocycles. The molecule has 0 spiro atoms. The highest BCUT2D eigenvalue weighted by molar-refractivity contribution is 5.90. The number of hydrogen-bond acceptors (Lipinski definition) is 2. The molecule has 0 amide bonds. The standard InChI is InChI=1S/C17H16O2/c1-13-3-7-15(8-4-13)11-12-19-17(18)16-9-5-14(2)6-10-16/h3-12H,1-2H3. The molecule has 0 saturated carbocycles. The Kier molecular flexibility index (Phi) is 4.14. The van der Waals surface area contributed by atoms with E-state index in [2.05, 4.69) is 0 Å². The van der Waals surface area contributed by atoms with Crippen LogP contribution < -0.4 is 0 Å². The average molecular weight is 252 g/mol. The van der Waals surface area contributed by atoms with Crippen molar-refractivity contribution in [3.05, 3.63) is 77.0 Å². The van der Waals surface area contributed by atoms with Crippen LogP contribution in [0.2, 0.25) is 0 Å². The monoisotopic (exact) mass is 252 g/mol. The van der Waals surface area contributed by atoms with Crippen molar-refractivity contribution in [1.29, 1.82) is 0 Å². The van der Waals surface area contributed by atoms with Gasteiger partial charge < -0.3 is 4.74 Å². The second kappa shape index (κ2) is 6.01. The molecule has 0 heterocycles. The first-order valence-electron chi connectivity index (χ1n) is 6.16. The van der Waals surface area contributed by atoms with E-state index in [1.165, 1.54) is 11.8 Å². The van der Waals surface area contributed by atoms with Crippen LogP contribution in [0.5, 0.6) is 0 Å². The third-order valence-electron chi connectivity index (χ3n) is 2.80. The van der Waals surface area contributed by atoms with Gasteiger partial charge in [0, 0.05) is 0 Å². The quantitative estimate of drug-likeness (QED) is 0.606. The lowest BCUT2D eigenvalue weighted by Crippen LogP contribution is -1.99. The van der Waals surface area contributed by atoms with Crippen LogP contribution in [0.4, 0.5) is 0 Å². The van der Waals surface area contributed by atoms with Crippen molar-refractivity contribution in [3.63, 3.8) is 0 Å². The molecular formula is C17H16O2. The number of esters is 1. The van der Waals surface area contributed by atoms with Gasteiger partial charge in [0.25, 0.3) is 0 Å². The summed E-state index contributed by atoms with van der Waals surface area (Å²) in [7, 11) is 0. The number of hydrogen-bond donors (Lipinski definition) is 0. The SMILES string of the molecule is Cc1ccc(C=COC(=O)c2ccc(C)cc2)cc1. The van der Waals surface area contributed by atoms with Crippen molar-refractivity contribution < 1.29 is 9.53 Å². The van der Waals surface area contributed by atoms with Gasteiger partial charge in [-0.2, -0.15) is 0 Å². The minimum Gasteiger partial charge on any atom is -0.431 e. The van der Waals surface area contributed by atoms with Crippen molar-refractivity contribution in [1.82, 2.24) is 0 Å². The molecule has 0 aromatic heterocycles. The molecule has 0 atom stereocenters. The van der Waals surface area contributed by atoms with E-state index >= 15 is 0 Å². The molecule has 2 nitrogen and oxygen atoms in total. The van der Waals surface area contributed by atoms with Gasteiger partial charge in [-0.3, -0.25) is 0 Å². The first-order chi connectivity index (χ1) is 9.15. The van der Waals surface area contributed by atoms with Crippen LogP contribution in [0.3, 0.4) is 0 Å². The minimum absolute atomic E-state index is 0.344. The molecule has 0 aliphatic heterocycles. The van der Waals surface area contributed by atoms with E-state index in [-0.39, 0.29) is 5.97 Å². The summed E-state index contributed by atoms with van der Waals surface area (Å²) in [5, 5.41) is 0. The van der Waals surface area contributed by atoms with Crippen LogP contribution in [0, 0.1) is 13.8 Å². The fourth-order valence-electron chi connectivity index (χ4n) is 1.61. The molecule has 0 N–H and O–H groups in total. The van der Waals surface area contributed by atoms with Crippen molar-refractivity contribution in [2.75, 3.05) is 0 Å². The maximum atomic E-state index is 11.7. The predicted molar refractivity (Wildman–Crippen MR) is 76.8 cm³/mol. The molecule has 19 heavy (non-hydrogen) atoms. The molecule has 0 aliphatic rings. The lowest BCUT2D eigenvalue weighted by atomic mass is 10.1. The lowest BCUT2D eigenvalue weighted by molar-refractivity contribution is 0.0665. The summed E-state index contributed by atoms with van der Waals surface area (Å²) in [5.74, 6) is -0.344. The molecule has 2 rings (SSSR count). The Labute approximate surface area is 113 Å². The van der Waals surface area contributed by atoms with Crippen molar-refractivity contribution in [2.24, 2.45) is 0 Å². The van der Waals surface area contributed by atoms with E-state index in [1.807, 2.05) is 50.2 Å². The Morgan fingerprint density at radius 2 is 1.42 bits per heavy atom. The third-order valence-corrected chi connectivity index (χ3v) is 2.80. The largest absolute Gasteiger partial charge is 0.431 e. The van der Waals surface area contributed by atoms with E-state index in [0.717, 1.165) is 11.1 Å². The normalized spacial score (nSPS) is 10.6. The van der Waals surface area contributed by atoms with Crippen LogP contribution >= 0.6 is 0 Å². The highest BCUT2D eigenvalue weighted by Gasteiger charge is 2.03. The summed E-state index contributed by atoms with van der Waals surface area (Å²) >= 11 is 0. The van der Waals surface area contributed by atoms with E-state index in [1.54, 1.807) is 18.2 Å². The maximum absolute atomic E-state index is 11.7. The second-order valence-electron chi connectivity index (χ2n) is 4.48. The lowest BCUT2D eigenvalue weighted by Gasteiger charge is -2.00. The van der Waals surface area contributed by atoms with Gasteiger partial charge in [0.2, 0.25) is 0 Å². The predicted octanol–water partition coefficient (Wildman–Crippen LogP) is 4.13. The smallest absolute Gasteiger partial charge is 0.342 e. The van der Waals surface area contributed by atoms with E-state index < -0.39 is 0 Å². The third kappa shape index (κ3) is 3.81. The fraction of sp³-hybridized carbons (Fsp3) is 0.118. The molecule has 0 saturated heterocycles. The van der Waals surface area contributed by atoms with Gasteiger partial charge in [0.1, 0.15) is 0 Å². The van der Waals surface area contributed by atoms with Crippen LogP contribution in [0.1, 0.15) is 27.0 Å². The first-order valence-corrected chi connectivity index (χ1v) is 6.16. The second-order valence-corrected chi connectivity index (χ2v) is 4.48. The molecule has 2 heteroatoms. The van der Waals surface area contributed by atoms with Crippen LogP contribution in [0.25, 0.3) is 6.08 Å². The van der Waals surface area contributed by atoms with Gasteiger partial charge in [-0.1, -0.05) is 47.5 Å². The van der Waals surface area contributed by atoms with Crippen LogP contribution in [-0.2, 0) is 4.74 Å². The molecule has 0 radical (unpaired) electrons. The van der Waals surface area contributed by atoms with E-state index in [9.17, 15) is 4.79 Å². The van der Waals surface area contributed by atoms with Crippen LogP contribution in [0.15, 0.2) is 54.8 Å². The summed E-state index contributed by atoms with van der Waals surface area (Å²) in [6.07, 6.45) is 3.19. The van der Waals surface area contributed by atoms with Crippen molar-refractivity contribution in [3.8, 4) is 0 Å². The van der Waals surface area contributed by atoms with Crippen molar-refractivity contribution >= 4 is 12.0 Å². The van der Waals surface area contributed by atoms with Gasteiger partial charge in [-0.25, -0.2) is 4.79 Å². The van der Waals surface area contributed by atoms with E-state index in [0.29, 0.717) is 5.56 Å². The van der Waals surface area contributed by atoms with Gasteiger partial charge in [0.15, 0.2) is 0 Å². The number of ether oxygens (including phenoxy) is 1. The Hall–Kier alpha value is -2.35. The van der Waals surface area contributed by atoms with Gasteiger partial charge >= 0.3 is 5.97 Å². The summed E-state index contributed by atoms with van der Waals surface area (Å²) in [4.78, 5) is 11.7. The highest BCUT2D eigenvalue weighted by Crippen LogP contribution is 2.07. The Morgan fingerprint density at radius 1 is 0.895 bits per heavy atom. The van der Waals surface area contributed by atoms with Crippen LogP contribution in [-0.4, -0.2) is 5.97 Å². The summed E-state index contributed by atoms with van der Waals surface area (Å²) < 4.78 is 5.08. The van der Waals surface area contributed by atoms with Gasteiger partial charge in [0.05, 0.1) is 11.8 Å². The summed E-state index contributed by atoms with van der Waals surface area (Å²) in [5.41, 5.74) is 3.88. The molecule has 0 bridgehead atoms. The Bertz CT molecular complexity index is 578. The molecular weight excluding hydrogens is 236 g/mol. The van der Waals surface area contributed by atoms with Gasteiger partial charge in [-0.15, -0.1) is 0 Å². The molecule has 0 fully saturated rings. The zero-order chi connectivity index (χ0) is 13.7. The van der Waals surface area contributed by atoms with E-state index in [4.69, 9.17) is 4.74 Å². The molecule has 0 unspecified atom stereocenters. The number of rotatable bonds is 3. The average Bonchev–Trinajstić information content (AvgIpc) is 2.41. The zero-order valence-electron chi connectivity index (χ0n) is 11.1. The fourth-order valence-corrected chi connectivity index (χ4v) is 1.61. The number of carbonyl (C=O) groups excluding carboxylic acids is 1. The minimum atomic E-state index is -0.344. The molecule has 2 aromatic carbocycles. The highest BCUT2D eigenvalue weighted by atomic mass is 16.5. The Morgan fingerprint density at radius 3 is 2.00 bits per heavy atom. The first kappa shape index (κ1) is 13.1. The Balaban J connectivity index is 1.96. The zero-order valence-corrected chi connectivity index (χ0v) is 11.1. The summed E-state index contributed by atoms with van der Waals surface area (Å²) in [6, 6.07) is 15.3. The topological polar surface area (TPSA) is 26.3 Å². The summed E-state index contributed by atoms with van der Waals surface area (Å²) in [6.45, 7) is 4.01.